The Bertz CT molecular complexity index is 969. The van der Waals surface area contributed by atoms with Crippen LogP contribution < -0.4 is 10.2 Å². The minimum atomic E-state index is -0.336. The molecule has 1 N–H and O–H groups in total. The fourth-order valence-electron chi connectivity index (χ4n) is 4.15. The first-order valence-electron chi connectivity index (χ1n) is 10.5. The zero-order valence-electron chi connectivity index (χ0n) is 17.4. The number of pyridine rings is 1. The number of piperidine rings is 1. The fourth-order valence-corrected chi connectivity index (χ4v) is 4.26. The lowest BCUT2D eigenvalue weighted by atomic mass is 9.94. The first kappa shape index (κ1) is 21.3. The van der Waals surface area contributed by atoms with Gasteiger partial charge >= 0.3 is 0 Å². The van der Waals surface area contributed by atoms with Gasteiger partial charge in [-0.25, -0.2) is 4.98 Å². The lowest BCUT2D eigenvalue weighted by Gasteiger charge is -2.32. The number of amides is 3. The predicted molar refractivity (Wildman–Crippen MR) is 119 cm³/mol. The average Bonchev–Trinajstić information content (AvgIpc) is 3.17. The van der Waals surface area contributed by atoms with Crippen LogP contribution in [0, 0.1) is 18.8 Å². The summed E-state index contributed by atoms with van der Waals surface area (Å²) in [5, 5.41) is 3.32. The molecule has 31 heavy (non-hydrogen) atoms. The number of rotatable bonds is 4. The molecule has 0 aliphatic carbocycles. The van der Waals surface area contributed by atoms with Gasteiger partial charge in [0.1, 0.15) is 5.82 Å². The van der Waals surface area contributed by atoms with Gasteiger partial charge in [0.15, 0.2) is 0 Å². The summed E-state index contributed by atoms with van der Waals surface area (Å²) in [5.41, 5.74) is 1.96. The van der Waals surface area contributed by atoms with Gasteiger partial charge in [-0.3, -0.25) is 14.4 Å². The minimum Gasteiger partial charge on any atom is -0.342 e. The predicted octanol–water partition coefficient (Wildman–Crippen LogP) is 3.27. The van der Waals surface area contributed by atoms with E-state index in [4.69, 9.17) is 11.6 Å². The molecule has 3 heterocycles. The first-order valence-corrected chi connectivity index (χ1v) is 10.9. The Morgan fingerprint density at radius 1 is 1.06 bits per heavy atom. The van der Waals surface area contributed by atoms with Crippen LogP contribution in [0.3, 0.4) is 0 Å². The monoisotopic (exact) mass is 440 g/mol. The van der Waals surface area contributed by atoms with Gasteiger partial charge in [-0.2, -0.15) is 0 Å². The topological polar surface area (TPSA) is 82.6 Å². The molecule has 1 aromatic carbocycles. The molecule has 0 spiro atoms. The number of aryl methyl sites for hydroxylation is 1. The molecule has 7 nitrogen and oxygen atoms in total. The maximum atomic E-state index is 13.0. The third kappa shape index (κ3) is 4.88. The van der Waals surface area contributed by atoms with Crippen LogP contribution in [0.15, 0.2) is 42.6 Å². The van der Waals surface area contributed by atoms with Crippen LogP contribution >= 0.6 is 11.6 Å². The SMILES string of the molecule is Cc1ccc(N2C[C@H](C(=O)N3CCC(C(=O)Nc4ccc(Cl)cn4)CC3)CC2=O)cc1. The molecule has 2 aromatic rings. The van der Waals surface area contributed by atoms with Gasteiger partial charge in [-0.05, 0) is 44.0 Å². The molecule has 2 aliphatic rings. The first-order chi connectivity index (χ1) is 14.9. The molecule has 0 saturated carbocycles. The van der Waals surface area contributed by atoms with Crippen molar-refractivity contribution in [2.45, 2.75) is 26.2 Å². The number of anilines is 2. The second-order valence-electron chi connectivity index (χ2n) is 8.19. The standard InChI is InChI=1S/C23H25ClN4O3/c1-15-2-5-19(6-3-15)28-14-17(12-21(28)29)23(31)27-10-8-16(9-11-27)22(30)26-20-7-4-18(24)13-25-20/h2-7,13,16-17H,8-12,14H2,1H3,(H,25,26,30)/t17-/m1/s1. The molecule has 3 amide bonds. The summed E-state index contributed by atoms with van der Waals surface area (Å²) in [6.07, 6.45) is 2.90. The molecular formula is C23H25ClN4O3. The molecule has 162 valence electrons. The van der Waals surface area contributed by atoms with E-state index in [1.807, 2.05) is 31.2 Å². The molecule has 4 rings (SSSR count). The van der Waals surface area contributed by atoms with E-state index < -0.39 is 0 Å². The highest BCUT2D eigenvalue weighted by Gasteiger charge is 2.38. The summed E-state index contributed by atoms with van der Waals surface area (Å²) in [7, 11) is 0. The molecule has 2 saturated heterocycles. The maximum Gasteiger partial charge on any atom is 0.228 e. The molecule has 0 unspecified atom stereocenters. The van der Waals surface area contributed by atoms with Crippen molar-refractivity contribution in [1.82, 2.24) is 9.88 Å². The molecule has 2 fully saturated rings. The summed E-state index contributed by atoms with van der Waals surface area (Å²) in [5.74, 6) is -0.154. The van der Waals surface area contributed by atoms with Crippen molar-refractivity contribution in [2.75, 3.05) is 29.9 Å². The van der Waals surface area contributed by atoms with Gasteiger partial charge in [0.2, 0.25) is 17.7 Å². The van der Waals surface area contributed by atoms with E-state index in [2.05, 4.69) is 10.3 Å². The minimum absolute atomic E-state index is 0.00110. The Morgan fingerprint density at radius 2 is 1.77 bits per heavy atom. The highest BCUT2D eigenvalue weighted by molar-refractivity contribution is 6.30. The second kappa shape index (κ2) is 9.06. The zero-order chi connectivity index (χ0) is 22.0. The van der Waals surface area contributed by atoms with Crippen molar-refractivity contribution in [3.8, 4) is 0 Å². The van der Waals surface area contributed by atoms with Gasteiger partial charge in [0.05, 0.1) is 10.9 Å². The summed E-state index contributed by atoms with van der Waals surface area (Å²) < 4.78 is 0. The Labute approximate surface area is 186 Å². The van der Waals surface area contributed by atoms with E-state index in [1.165, 1.54) is 6.20 Å². The van der Waals surface area contributed by atoms with Crippen molar-refractivity contribution in [2.24, 2.45) is 11.8 Å². The number of benzene rings is 1. The third-order valence-corrected chi connectivity index (χ3v) is 6.20. The molecule has 1 atom stereocenters. The van der Waals surface area contributed by atoms with Crippen molar-refractivity contribution in [1.29, 1.82) is 0 Å². The third-order valence-electron chi connectivity index (χ3n) is 5.98. The van der Waals surface area contributed by atoms with Gasteiger partial charge in [-0.15, -0.1) is 0 Å². The Hall–Kier alpha value is -2.93. The molecule has 2 aliphatic heterocycles. The molecule has 1 aromatic heterocycles. The van der Waals surface area contributed by atoms with Crippen LogP contribution in [0.5, 0.6) is 0 Å². The number of nitrogens with one attached hydrogen (secondary N) is 1. The quantitative estimate of drug-likeness (QED) is 0.790. The van der Waals surface area contributed by atoms with Crippen molar-refractivity contribution in [3.05, 3.63) is 53.2 Å². The molecule has 8 heteroatoms. The van der Waals surface area contributed by atoms with Crippen LogP contribution in [0.4, 0.5) is 11.5 Å². The molecule has 0 radical (unpaired) electrons. The van der Waals surface area contributed by atoms with Crippen LogP contribution in [0.1, 0.15) is 24.8 Å². The van der Waals surface area contributed by atoms with Gasteiger partial charge in [0, 0.05) is 43.9 Å². The van der Waals surface area contributed by atoms with E-state index in [1.54, 1.807) is 21.9 Å². The number of carbonyl (C=O) groups is 3. The Balaban J connectivity index is 1.30. The number of hydrogen-bond acceptors (Lipinski definition) is 4. The largest absolute Gasteiger partial charge is 0.342 e. The van der Waals surface area contributed by atoms with Crippen LogP contribution in [0.2, 0.25) is 5.02 Å². The summed E-state index contributed by atoms with van der Waals surface area (Å²) in [6.45, 7) is 3.43. The number of nitrogens with zero attached hydrogens (tertiary/aromatic N) is 3. The summed E-state index contributed by atoms with van der Waals surface area (Å²) in [4.78, 5) is 45.6. The number of halogens is 1. The van der Waals surface area contributed by atoms with Gasteiger partial charge in [-0.1, -0.05) is 29.3 Å². The normalized spacial score (nSPS) is 19.5. The van der Waals surface area contributed by atoms with Gasteiger partial charge in [0.25, 0.3) is 0 Å². The second-order valence-corrected chi connectivity index (χ2v) is 8.63. The Morgan fingerprint density at radius 3 is 2.42 bits per heavy atom. The highest BCUT2D eigenvalue weighted by Crippen LogP contribution is 2.28. The summed E-state index contributed by atoms with van der Waals surface area (Å²) >= 11 is 5.82. The smallest absolute Gasteiger partial charge is 0.228 e. The zero-order valence-corrected chi connectivity index (χ0v) is 18.1. The highest BCUT2D eigenvalue weighted by atomic mass is 35.5. The Kier molecular flexibility index (Phi) is 6.23. The molecular weight excluding hydrogens is 416 g/mol. The molecule has 0 bridgehead atoms. The lowest BCUT2D eigenvalue weighted by molar-refractivity contribution is -0.138. The van der Waals surface area contributed by atoms with Crippen molar-refractivity contribution < 1.29 is 14.4 Å². The average molecular weight is 441 g/mol. The summed E-state index contributed by atoms with van der Waals surface area (Å²) in [6, 6.07) is 11.1. The van der Waals surface area contributed by atoms with Crippen molar-refractivity contribution >= 4 is 40.8 Å². The van der Waals surface area contributed by atoms with Crippen molar-refractivity contribution in [3.63, 3.8) is 0 Å². The van der Waals surface area contributed by atoms with Crippen LogP contribution in [0.25, 0.3) is 0 Å². The number of hydrogen-bond donors (Lipinski definition) is 1. The van der Waals surface area contributed by atoms with E-state index in [0.29, 0.717) is 43.3 Å². The van der Waals surface area contributed by atoms with Crippen LogP contribution in [-0.2, 0) is 14.4 Å². The van der Waals surface area contributed by atoms with Gasteiger partial charge < -0.3 is 15.1 Å². The number of likely N-dealkylation sites (tertiary alicyclic amines) is 1. The number of aromatic nitrogens is 1. The fraction of sp³-hybridized carbons (Fsp3) is 0.391. The maximum absolute atomic E-state index is 13.0. The van der Waals surface area contributed by atoms with E-state index >= 15 is 0 Å². The van der Waals surface area contributed by atoms with E-state index in [0.717, 1.165) is 11.3 Å². The lowest BCUT2D eigenvalue weighted by Crippen LogP contribution is -2.44. The van der Waals surface area contributed by atoms with E-state index in [9.17, 15) is 14.4 Å². The van der Waals surface area contributed by atoms with E-state index in [-0.39, 0.29) is 36.0 Å². The number of carbonyl (C=O) groups excluding carboxylic acids is 3. The van der Waals surface area contributed by atoms with Crippen LogP contribution in [-0.4, -0.2) is 47.2 Å².